The van der Waals surface area contributed by atoms with E-state index in [0.717, 1.165) is 11.0 Å². The van der Waals surface area contributed by atoms with Crippen LogP contribution in [0.2, 0.25) is 5.02 Å². The predicted molar refractivity (Wildman–Crippen MR) is 62.4 cm³/mol. The third kappa shape index (κ3) is 1.51. The molecule has 0 saturated heterocycles. The first-order valence-corrected chi connectivity index (χ1v) is 5.07. The zero-order chi connectivity index (χ0) is 11.2. The number of nitrogen functional groups attached to an aromatic ring is 1. The zero-order valence-corrected chi connectivity index (χ0v) is 9.30. The van der Waals surface area contributed by atoms with Gasteiger partial charge < -0.3 is 10.7 Å². The molecule has 0 amide bonds. The standard InChI is InChI=1S/C10H12ClN3O/c1-5(2)14-9-3-6(11)7(12)4-8(9)13-10(14)15/h3-5H,12H2,1-2H3,(H,13,15). The molecule has 0 aliphatic rings. The third-order valence-corrected chi connectivity index (χ3v) is 2.68. The van der Waals surface area contributed by atoms with Gasteiger partial charge in [-0.1, -0.05) is 11.6 Å². The van der Waals surface area contributed by atoms with E-state index in [9.17, 15) is 4.79 Å². The Kier molecular flexibility index (Phi) is 2.23. The lowest BCUT2D eigenvalue weighted by Gasteiger charge is -2.07. The average Bonchev–Trinajstić information content (AvgIpc) is 2.41. The van der Waals surface area contributed by atoms with Gasteiger partial charge in [0.05, 0.1) is 21.7 Å². The number of rotatable bonds is 1. The maximum absolute atomic E-state index is 11.6. The number of H-pyrrole nitrogens is 1. The summed E-state index contributed by atoms with van der Waals surface area (Å²) in [4.78, 5) is 14.4. The van der Waals surface area contributed by atoms with Crippen molar-refractivity contribution in [2.24, 2.45) is 0 Å². The molecule has 0 bridgehead atoms. The number of hydrogen-bond acceptors (Lipinski definition) is 2. The van der Waals surface area contributed by atoms with Crippen LogP contribution >= 0.6 is 11.6 Å². The van der Waals surface area contributed by atoms with Crippen molar-refractivity contribution < 1.29 is 0 Å². The van der Waals surface area contributed by atoms with E-state index in [2.05, 4.69) is 4.98 Å². The summed E-state index contributed by atoms with van der Waals surface area (Å²) >= 11 is 5.92. The topological polar surface area (TPSA) is 63.8 Å². The van der Waals surface area contributed by atoms with Gasteiger partial charge in [0.1, 0.15) is 0 Å². The maximum atomic E-state index is 11.6. The first kappa shape index (κ1) is 10.1. The highest BCUT2D eigenvalue weighted by atomic mass is 35.5. The minimum absolute atomic E-state index is 0.0888. The number of aromatic nitrogens is 2. The Morgan fingerprint density at radius 1 is 1.47 bits per heavy atom. The number of benzene rings is 1. The lowest BCUT2D eigenvalue weighted by molar-refractivity contribution is 0.598. The molecule has 0 aliphatic carbocycles. The van der Waals surface area contributed by atoms with E-state index < -0.39 is 0 Å². The van der Waals surface area contributed by atoms with Crippen molar-refractivity contribution >= 4 is 28.3 Å². The van der Waals surface area contributed by atoms with E-state index in [1.165, 1.54) is 0 Å². The molecule has 15 heavy (non-hydrogen) atoms. The molecule has 1 aromatic heterocycles. The van der Waals surface area contributed by atoms with Crippen LogP contribution in [0.1, 0.15) is 19.9 Å². The summed E-state index contributed by atoms with van der Waals surface area (Å²) in [6.07, 6.45) is 0. The number of fused-ring (bicyclic) bond motifs is 1. The van der Waals surface area contributed by atoms with E-state index in [-0.39, 0.29) is 11.7 Å². The van der Waals surface area contributed by atoms with Gasteiger partial charge in [-0.2, -0.15) is 0 Å². The van der Waals surface area contributed by atoms with Crippen molar-refractivity contribution in [1.29, 1.82) is 0 Å². The van der Waals surface area contributed by atoms with Crippen LogP contribution in [0.3, 0.4) is 0 Å². The maximum Gasteiger partial charge on any atom is 0.326 e. The van der Waals surface area contributed by atoms with Gasteiger partial charge in [0.25, 0.3) is 0 Å². The highest BCUT2D eigenvalue weighted by Gasteiger charge is 2.11. The van der Waals surface area contributed by atoms with E-state index in [1.807, 2.05) is 13.8 Å². The minimum Gasteiger partial charge on any atom is -0.397 e. The van der Waals surface area contributed by atoms with Gasteiger partial charge in [-0.3, -0.25) is 4.57 Å². The zero-order valence-electron chi connectivity index (χ0n) is 8.54. The second-order valence-electron chi connectivity index (χ2n) is 3.78. The van der Waals surface area contributed by atoms with E-state index in [1.54, 1.807) is 16.7 Å². The molecule has 0 radical (unpaired) electrons. The molecular weight excluding hydrogens is 214 g/mol. The molecule has 1 aromatic carbocycles. The van der Waals surface area contributed by atoms with Crippen LogP contribution in [-0.2, 0) is 0 Å². The van der Waals surface area contributed by atoms with Crippen molar-refractivity contribution in [1.82, 2.24) is 9.55 Å². The molecule has 0 spiro atoms. The number of aromatic amines is 1. The number of nitrogens with one attached hydrogen (secondary N) is 1. The Balaban J connectivity index is 2.88. The summed E-state index contributed by atoms with van der Waals surface area (Å²) in [5.74, 6) is 0. The molecule has 0 fully saturated rings. The van der Waals surface area contributed by atoms with Gasteiger partial charge in [0.2, 0.25) is 0 Å². The van der Waals surface area contributed by atoms with Crippen molar-refractivity contribution in [2.45, 2.75) is 19.9 Å². The third-order valence-electron chi connectivity index (χ3n) is 2.35. The van der Waals surface area contributed by atoms with Gasteiger partial charge in [0.15, 0.2) is 0 Å². The molecule has 2 aromatic rings. The smallest absolute Gasteiger partial charge is 0.326 e. The number of anilines is 1. The highest BCUT2D eigenvalue weighted by molar-refractivity contribution is 6.33. The number of hydrogen-bond donors (Lipinski definition) is 2. The normalized spacial score (nSPS) is 11.5. The number of nitrogens with two attached hydrogens (primary N) is 1. The van der Waals surface area contributed by atoms with Gasteiger partial charge in [-0.05, 0) is 26.0 Å². The van der Waals surface area contributed by atoms with Crippen LogP contribution in [0, 0.1) is 0 Å². The molecular formula is C10H12ClN3O. The first-order chi connectivity index (χ1) is 7.00. The van der Waals surface area contributed by atoms with Gasteiger partial charge in [-0.25, -0.2) is 4.79 Å². The van der Waals surface area contributed by atoms with Crippen molar-refractivity contribution in [2.75, 3.05) is 5.73 Å². The van der Waals surface area contributed by atoms with Crippen LogP contribution in [0.25, 0.3) is 11.0 Å². The summed E-state index contributed by atoms with van der Waals surface area (Å²) in [5.41, 5.74) is 7.50. The van der Waals surface area contributed by atoms with Crippen molar-refractivity contribution in [3.05, 3.63) is 27.6 Å². The average molecular weight is 226 g/mol. The summed E-state index contributed by atoms with van der Waals surface area (Å²) in [6.45, 7) is 3.89. The summed E-state index contributed by atoms with van der Waals surface area (Å²) in [5, 5.41) is 0.468. The lowest BCUT2D eigenvalue weighted by Crippen LogP contribution is -2.18. The van der Waals surface area contributed by atoms with Crippen LogP contribution in [0.15, 0.2) is 16.9 Å². The van der Waals surface area contributed by atoms with Crippen molar-refractivity contribution in [3.63, 3.8) is 0 Å². The Labute approximate surface area is 91.7 Å². The fourth-order valence-corrected chi connectivity index (χ4v) is 1.83. The quantitative estimate of drug-likeness (QED) is 0.731. The lowest BCUT2D eigenvalue weighted by atomic mass is 10.2. The molecule has 0 unspecified atom stereocenters. The van der Waals surface area contributed by atoms with Crippen LogP contribution in [0.5, 0.6) is 0 Å². The summed E-state index contributed by atoms with van der Waals surface area (Å²) < 4.78 is 1.65. The molecule has 1 heterocycles. The Morgan fingerprint density at radius 2 is 2.13 bits per heavy atom. The molecule has 0 atom stereocenters. The predicted octanol–water partition coefficient (Wildman–Crippen LogP) is 2.15. The molecule has 80 valence electrons. The van der Waals surface area contributed by atoms with E-state index in [4.69, 9.17) is 17.3 Å². The number of halogens is 1. The molecule has 0 aliphatic heterocycles. The number of imidazole rings is 1. The minimum atomic E-state index is -0.137. The molecule has 0 saturated carbocycles. The van der Waals surface area contributed by atoms with E-state index >= 15 is 0 Å². The largest absolute Gasteiger partial charge is 0.397 e. The Morgan fingerprint density at radius 3 is 2.73 bits per heavy atom. The fraction of sp³-hybridized carbons (Fsp3) is 0.300. The first-order valence-electron chi connectivity index (χ1n) is 4.70. The monoisotopic (exact) mass is 225 g/mol. The van der Waals surface area contributed by atoms with Gasteiger partial charge >= 0.3 is 5.69 Å². The fourth-order valence-electron chi connectivity index (χ4n) is 1.68. The molecule has 5 heteroatoms. The van der Waals surface area contributed by atoms with Crippen molar-refractivity contribution in [3.8, 4) is 0 Å². The molecule has 3 N–H and O–H groups in total. The SMILES string of the molecule is CC(C)n1c(=O)[nH]c2cc(N)c(Cl)cc21. The Hall–Kier alpha value is -1.42. The van der Waals surface area contributed by atoms with Crippen LogP contribution < -0.4 is 11.4 Å². The van der Waals surface area contributed by atoms with E-state index in [0.29, 0.717) is 10.7 Å². The summed E-state index contributed by atoms with van der Waals surface area (Å²) in [6, 6.07) is 3.48. The van der Waals surface area contributed by atoms with Gasteiger partial charge in [-0.15, -0.1) is 0 Å². The number of nitrogens with zero attached hydrogens (tertiary/aromatic N) is 1. The molecule has 2 rings (SSSR count). The van der Waals surface area contributed by atoms with Gasteiger partial charge in [0, 0.05) is 6.04 Å². The molecule has 4 nitrogen and oxygen atoms in total. The summed E-state index contributed by atoms with van der Waals surface area (Å²) in [7, 11) is 0. The van der Waals surface area contributed by atoms with Crippen LogP contribution in [0.4, 0.5) is 5.69 Å². The second kappa shape index (κ2) is 3.31. The second-order valence-corrected chi connectivity index (χ2v) is 4.19. The van der Waals surface area contributed by atoms with Crippen LogP contribution in [-0.4, -0.2) is 9.55 Å². The highest BCUT2D eigenvalue weighted by Crippen LogP contribution is 2.25. The Bertz CT molecular complexity index is 568.